The number of aliphatic hydroxyl groups excluding tert-OH is 1. The SMILES string of the molecule is COc1ccccc1COc1ccc(C)cc1[C@H](C)O. The molecule has 0 saturated carbocycles. The molecule has 2 rings (SSSR count). The molecule has 0 amide bonds. The van der Waals surface area contributed by atoms with Gasteiger partial charge in [-0.25, -0.2) is 0 Å². The average Bonchev–Trinajstić information content (AvgIpc) is 2.46. The van der Waals surface area contributed by atoms with E-state index in [2.05, 4.69) is 0 Å². The molecule has 0 aliphatic carbocycles. The van der Waals surface area contributed by atoms with Crippen LogP contribution < -0.4 is 9.47 Å². The second kappa shape index (κ2) is 6.44. The third-order valence-corrected chi connectivity index (χ3v) is 3.19. The number of rotatable bonds is 5. The van der Waals surface area contributed by atoms with Gasteiger partial charge in [0.15, 0.2) is 0 Å². The lowest BCUT2D eigenvalue weighted by Gasteiger charge is -2.15. The Labute approximate surface area is 119 Å². The van der Waals surface area contributed by atoms with Gasteiger partial charge in [-0.2, -0.15) is 0 Å². The maximum absolute atomic E-state index is 9.82. The molecule has 0 aliphatic heterocycles. The van der Waals surface area contributed by atoms with Crippen molar-refractivity contribution in [2.24, 2.45) is 0 Å². The molecule has 0 radical (unpaired) electrons. The first-order valence-corrected chi connectivity index (χ1v) is 6.65. The van der Waals surface area contributed by atoms with Gasteiger partial charge in [-0.05, 0) is 32.0 Å². The number of aryl methyl sites for hydroxylation is 1. The van der Waals surface area contributed by atoms with E-state index in [1.807, 2.05) is 49.4 Å². The lowest BCUT2D eigenvalue weighted by atomic mass is 10.1. The zero-order chi connectivity index (χ0) is 14.5. The highest BCUT2D eigenvalue weighted by molar-refractivity contribution is 5.39. The van der Waals surface area contributed by atoms with E-state index < -0.39 is 6.10 Å². The summed E-state index contributed by atoms with van der Waals surface area (Å²) in [5.41, 5.74) is 2.89. The van der Waals surface area contributed by atoms with E-state index in [0.717, 1.165) is 22.4 Å². The molecule has 3 nitrogen and oxygen atoms in total. The summed E-state index contributed by atoms with van der Waals surface area (Å²) in [5, 5.41) is 9.82. The van der Waals surface area contributed by atoms with Crippen molar-refractivity contribution in [3.8, 4) is 11.5 Å². The molecule has 0 fully saturated rings. The smallest absolute Gasteiger partial charge is 0.125 e. The number of hydrogen-bond donors (Lipinski definition) is 1. The molecule has 106 valence electrons. The first-order chi connectivity index (χ1) is 9.61. The molecule has 0 heterocycles. The minimum absolute atomic E-state index is 0.410. The van der Waals surface area contributed by atoms with Crippen LogP contribution in [0.25, 0.3) is 0 Å². The highest BCUT2D eigenvalue weighted by Crippen LogP contribution is 2.28. The van der Waals surface area contributed by atoms with Crippen LogP contribution in [0.15, 0.2) is 42.5 Å². The molecule has 0 saturated heterocycles. The van der Waals surface area contributed by atoms with Gasteiger partial charge in [0.25, 0.3) is 0 Å². The molecule has 0 aliphatic rings. The van der Waals surface area contributed by atoms with Gasteiger partial charge in [0.2, 0.25) is 0 Å². The molecule has 0 aromatic heterocycles. The summed E-state index contributed by atoms with van der Waals surface area (Å²) < 4.78 is 11.1. The van der Waals surface area contributed by atoms with Crippen LogP contribution in [0.2, 0.25) is 0 Å². The fourth-order valence-corrected chi connectivity index (χ4v) is 2.10. The van der Waals surface area contributed by atoms with E-state index in [0.29, 0.717) is 12.4 Å². The number of aliphatic hydroxyl groups is 1. The van der Waals surface area contributed by atoms with E-state index in [4.69, 9.17) is 9.47 Å². The normalized spacial score (nSPS) is 12.0. The Morgan fingerprint density at radius 2 is 1.85 bits per heavy atom. The molecule has 2 aromatic rings. The van der Waals surface area contributed by atoms with Gasteiger partial charge < -0.3 is 14.6 Å². The topological polar surface area (TPSA) is 38.7 Å². The first kappa shape index (κ1) is 14.4. The zero-order valence-electron chi connectivity index (χ0n) is 12.1. The van der Waals surface area contributed by atoms with E-state index in [1.165, 1.54) is 0 Å². The summed E-state index contributed by atoms with van der Waals surface area (Å²) in [6.45, 7) is 4.15. The van der Waals surface area contributed by atoms with Gasteiger partial charge >= 0.3 is 0 Å². The van der Waals surface area contributed by atoms with Crippen molar-refractivity contribution in [1.82, 2.24) is 0 Å². The fraction of sp³-hybridized carbons (Fsp3) is 0.294. The average molecular weight is 272 g/mol. The van der Waals surface area contributed by atoms with Crippen molar-refractivity contribution >= 4 is 0 Å². The second-order valence-electron chi connectivity index (χ2n) is 4.82. The van der Waals surface area contributed by atoms with Crippen LogP contribution in [0.3, 0.4) is 0 Å². The quantitative estimate of drug-likeness (QED) is 0.903. The zero-order valence-corrected chi connectivity index (χ0v) is 12.1. The van der Waals surface area contributed by atoms with Crippen molar-refractivity contribution in [2.75, 3.05) is 7.11 Å². The maximum atomic E-state index is 9.82. The largest absolute Gasteiger partial charge is 0.496 e. The summed E-state index contributed by atoms with van der Waals surface area (Å²) >= 11 is 0. The molecular weight excluding hydrogens is 252 g/mol. The fourth-order valence-electron chi connectivity index (χ4n) is 2.10. The van der Waals surface area contributed by atoms with E-state index in [1.54, 1.807) is 14.0 Å². The predicted octanol–water partition coefficient (Wildman–Crippen LogP) is 3.64. The maximum Gasteiger partial charge on any atom is 0.125 e. The van der Waals surface area contributed by atoms with Crippen LogP contribution >= 0.6 is 0 Å². The predicted molar refractivity (Wildman–Crippen MR) is 79.1 cm³/mol. The molecule has 0 unspecified atom stereocenters. The molecule has 3 heteroatoms. The summed E-state index contributed by atoms with van der Waals surface area (Å²) in [4.78, 5) is 0. The number of ether oxygens (including phenoxy) is 2. The highest BCUT2D eigenvalue weighted by atomic mass is 16.5. The Balaban J connectivity index is 2.19. The third kappa shape index (κ3) is 3.31. The minimum atomic E-state index is -0.553. The minimum Gasteiger partial charge on any atom is -0.496 e. The molecule has 0 spiro atoms. The number of methoxy groups -OCH3 is 1. The van der Waals surface area contributed by atoms with Gasteiger partial charge in [0.05, 0.1) is 13.2 Å². The van der Waals surface area contributed by atoms with Crippen molar-refractivity contribution in [2.45, 2.75) is 26.6 Å². The highest BCUT2D eigenvalue weighted by Gasteiger charge is 2.10. The van der Waals surface area contributed by atoms with Gasteiger partial charge in [-0.3, -0.25) is 0 Å². The lowest BCUT2D eigenvalue weighted by molar-refractivity contribution is 0.189. The van der Waals surface area contributed by atoms with E-state index in [-0.39, 0.29) is 0 Å². The van der Waals surface area contributed by atoms with Crippen molar-refractivity contribution < 1.29 is 14.6 Å². The van der Waals surface area contributed by atoms with Gasteiger partial charge in [0, 0.05) is 11.1 Å². The Morgan fingerprint density at radius 3 is 2.55 bits per heavy atom. The lowest BCUT2D eigenvalue weighted by Crippen LogP contribution is -2.02. The Morgan fingerprint density at radius 1 is 1.10 bits per heavy atom. The van der Waals surface area contributed by atoms with Crippen molar-refractivity contribution in [3.05, 3.63) is 59.2 Å². The molecule has 1 atom stereocenters. The van der Waals surface area contributed by atoms with Crippen LogP contribution in [0.4, 0.5) is 0 Å². The second-order valence-corrected chi connectivity index (χ2v) is 4.82. The molecule has 2 aromatic carbocycles. The number of hydrogen-bond acceptors (Lipinski definition) is 3. The molecule has 1 N–H and O–H groups in total. The number of benzene rings is 2. The Hall–Kier alpha value is -2.00. The van der Waals surface area contributed by atoms with Crippen LogP contribution in [0.5, 0.6) is 11.5 Å². The van der Waals surface area contributed by atoms with Gasteiger partial charge in [-0.15, -0.1) is 0 Å². The third-order valence-electron chi connectivity index (χ3n) is 3.19. The van der Waals surface area contributed by atoms with Crippen LogP contribution in [-0.2, 0) is 6.61 Å². The molecule has 0 bridgehead atoms. The van der Waals surface area contributed by atoms with Crippen molar-refractivity contribution in [1.29, 1.82) is 0 Å². The molecular formula is C17H20O3. The summed E-state index contributed by atoms with van der Waals surface area (Å²) in [7, 11) is 1.64. The first-order valence-electron chi connectivity index (χ1n) is 6.65. The monoisotopic (exact) mass is 272 g/mol. The van der Waals surface area contributed by atoms with Crippen molar-refractivity contribution in [3.63, 3.8) is 0 Å². The Kier molecular flexibility index (Phi) is 4.64. The number of para-hydroxylation sites is 1. The van der Waals surface area contributed by atoms with Crippen LogP contribution in [0, 0.1) is 6.92 Å². The van der Waals surface area contributed by atoms with Gasteiger partial charge in [0.1, 0.15) is 18.1 Å². The summed E-state index contributed by atoms with van der Waals surface area (Å²) in [5.74, 6) is 1.51. The van der Waals surface area contributed by atoms with Crippen LogP contribution in [-0.4, -0.2) is 12.2 Å². The summed E-state index contributed by atoms with van der Waals surface area (Å²) in [6, 6.07) is 13.6. The van der Waals surface area contributed by atoms with Gasteiger partial charge in [-0.1, -0.05) is 29.8 Å². The standard InChI is InChI=1S/C17H20O3/c1-12-8-9-17(15(10-12)13(2)18)20-11-14-6-4-5-7-16(14)19-3/h4-10,13,18H,11H2,1-3H3/t13-/m0/s1. The van der Waals surface area contributed by atoms with Crippen LogP contribution in [0.1, 0.15) is 29.7 Å². The van der Waals surface area contributed by atoms with E-state index in [9.17, 15) is 5.11 Å². The van der Waals surface area contributed by atoms with E-state index >= 15 is 0 Å². The molecule has 20 heavy (non-hydrogen) atoms. The summed E-state index contributed by atoms with van der Waals surface area (Å²) in [6.07, 6.45) is -0.553. The Bertz CT molecular complexity index is 576.